The first kappa shape index (κ1) is 25.8. The first-order valence-electron chi connectivity index (χ1n) is 12.5. The van der Waals surface area contributed by atoms with Gasteiger partial charge < -0.3 is 14.2 Å². The molecule has 1 aliphatic heterocycles. The predicted molar refractivity (Wildman–Crippen MR) is 139 cm³/mol. The van der Waals surface area contributed by atoms with Gasteiger partial charge in [0.25, 0.3) is 0 Å². The molecular weight excluding hydrogens is 455 g/mol. The van der Waals surface area contributed by atoms with Crippen molar-refractivity contribution in [2.24, 2.45) is 5.92 Å². The lowest BCUT2D eigenvalue weighted by molar-refractivity contribution is -0.167. The third-order valence-electron chi connectivity index (χ3n) is 6.66. The number of halogens is 1. The highest BCUT2D eigenvalue weighted by Crippen LogP contribution is 2.39. The molecule has 5 heteroatoms. The maximum Gasteiger partial charge on any atom is 0.171 e. The Labute approximate surface area is 212 Å². The third-order valence-corrected chi connectivity index (χ3v) is 6.66. The van der Waals surface area contributed by atoms with E-state index >= 15 is 4.39 Å². The second-order valence-electron chi connectivity index (χ2n) is 9.18. The molecule has 0 aromatic heterocycles. The van der Waals surface area contributed by atoms with Gasteiger partial charge in [-0.25, -0.2) is 4.39 Å². The van der Waals surface area contributed by atoms with E-state index in [1.807, 2.05) is 67.6 Å². The third kappa shape index (κ3) is 5.92. The van der Waals surface area contributed by atoms with Gasteiger partial charge in [-0.1, -0.05) is 98.8 Å². The van der Waals surface area contributed by atoms with Gasteiger partial charge in [-0.15, -0.1) is 0 Å². The summed E-state index contributed by atoms with van der Waals surface area (Å²) in [7, 11) is 0. The monoisotopic (exact) mass is 488 g/mol. The second kappa shape index (κ2) is 12.1. The van der Waals surface area contributed by atoms with E-state index in [-0.39, 0.29) is 35.7 Å². The van der Waals surface area contributed by atoms with Crippen LogP contribution in [0.2, 0.25) is 0 Å². The smallest absolute Gasteiger partial charge is 0.171 e. The van der Waals surface area contributed by atoms with Crippen LogP contribution in [-0.4, -0.2) is 24.1 Å². The number of rotatable bonds is 9. The average molecular weight is 489 g/mol. The molecular formula is C31H33FO4. The number of hydrogen-bond acceptors (Lipinski definition) is 4. The van der Waals surface area contributed by atoms with Crippen molar-refractivity contribution in [3.05, 3.63) is 113 Å². The van der Waals surface area contributed by atoms with Gasteiger partial charge in [0.1, 0.15) is 12.2 Å². The maximum absolute atomic E-state index is 16.3. The predicted octanol–water partition coefficient (Wildman–Crippen LogP) is 7.14. The van der Waals surface area contributed by atoms with Crippen LogP contribution in [0.5, 0.6) is 0 Å². The average Bonchev–Trinajstić information content (AvgIpc) is 2.92. The standard InChI is InChI=1S/C31H33FO4/c1-4-27-21(2)29(34-19-23-13-7-5-8-14-23)31(35-20-24-15-9-6-10-16-24)30(36-27)28(32)26-18-12-11-17-25(26)22(3)33/h5-18,21,27,29,31H,4,19-20H2,1-3H3/t21-,27-,29?,31?/m1/s1. The van der Waals surface area contributed by atoms with Crippen LogP contribution in [0, 0.1) is 5.92 Å². The fourth-order valence-corrected chi connectivity index (χ4v) is 4.66. The number of ether oxygens (including phenoxy) is 3. The lowest BCUT2D eigenvalue weighted by atomic mass is 9.87. The Morgan fingerprint density at radius 1 is 0.833 bits per heavy atom. The Bertz CT molecular complexity index is 1180. The Morgan fingerprint density at radius 3 is 1.92 bits per heavy atom. The normalized spacial score (nSPS) is 23.1. The zero-order chi connectivity index (χ0) is 25.5. The molecule has 0 aliphatic carbocycles. The number of ketones is 1. The largest absolute Gasteiger partial charge is 0.488 e. The van der Waals surface area contributed by atoms with Crippen molar-refractivity contribution in [1.82, 2.24) is 0 Å². The van der Waals surface area contributed by atoms with Gasteiger partial charge in [0, 0.05) is 17.0 Å². The molecule has 188 valence electrons. The van der Waals surface area contributed by atoms with E-state index < -0.39 is 18.0 Å². The fourth-order valence-electron chi connectivity index (χ4n) is 4.66. The summed E-state index contributed by atoms with van der Waals surface area (Å²) < 4.78 is 35.3. The fraction of sp³-hybridized carbons (Fsp3) is 0.323. The molecule has 1 heterocycles. The molecule has 1 aliphatic rings. The second-order valence-corrected chi connectivity index (χ2v) is 9.18. The molecule has 1 saturated heterocycles. The quantitative estimate of drug-likeness (QED) is 0.300. The summed E-state index contributed by atoms with van der Waals surface area (Å²) in [6, 6.07) is 26.3. The minimum Gasteiger partial charge on any atom is -0.488 e. The Balaban J connectivity index is 1.74. The molecule has 4 nitrogen and oxygen atoms in total. The SMILES string of the molecule is CC[C@H]1OC(=C(F)c2ccccc2C(C)=O)C(OCc2ccccc2)C(OCc2ccccc2)[C@@H]1C. The van der Waals surface area contributed by atoms with Crippen LogP contribution in [0.4, 0.5) is 4.39 Å². The summed E-state index contributed by atoms with van der Waals surface area (Å²) in [5.74, 6) is -0.754. The van der Waals surface area contributed by atoms with Gasteiger partial charge in [0.2, 0.25) is 0 Å². The Hall–Kier alpha value is -3.28. The van der Waals surface area contributed by atoms with Crippen LogP contribution < -0.4 is 0 Å². The van der Waals surface area contributed by atoms with Crippen molar-refractivity contribution < 1.29 is 23.4 Å². The van der Waals surface area contributed by atoms with Gasteiger partial charge in [-0.3, -0.25) is 4.79 Å². The lowest BCUT2D eigenvalue weighted by Crippen LogP contribution is -2.49. The molecule has 3 aromatic carbocycles. The molecule has 0 spiro atoms. The van der Waals surface area contributed by atoms with Gasteiger partial charge >= 0.3 is 0 Å². The number of carbonyl (C=O) groups is 1. The molecule has 3 aromatic rings. The lowest BCUT2D eigenvalue weighted by Gasteiger charge is -2.42. The molecule has 0 radical (unpaired) electrons. The van der Waals surface area contributed by atoms with Crippen LogP contribution in [0.25, 0.3) is 5.83 Å². The molecule has 0 amide bonds. The van der Waals surface area contributed by atoms with Crippen LogP contribution in [0.1, 0.15) is 54.2 Å². The van der Waals surface area contributed by atoms with E-state index in [4.69, 9.17) is 14.2 Å². The molecule has 1 fully saturated rings. The molecule has 36 heavy (non-hydrogen) atoms. The van der Waals surface area contributed by atoms with E-state index in [1.165, 1.54) is 6.92 Å². The zero-order valence-corrected chi connectivity index (χ0v) is 21.0. The highest BCUT2D eigenvalue weighted by Gasteiger charge is 2.44. The zero-order valence-electron chi connectivity index (χ0n) is 21.0. The van der Waals surface area contributed by atoms with Gasteiger partial charge in [-0.2, -0.15) is 0 Å². The van der Waals surface area contributed by atoms with Crippen molar-refractivity contribution >= 4 is 11.6 Å². The first-order valence-corrected chi connectivity index (χ1v) is 12.5. The van der Waals surface area contributed by atoms with E-state index in [9.17, 15) is 4.79 Å². The summed E-state index contributed by atoms with van der Waals surface area (Å²) >= 11 is 0. The number of Topliss-reactive ketones (excluding diaryl/α,β-unsaturated/α-hetero) is 1. The maximum atomic E-state index is 16.3. The summed E-state index contributed by atoms with van der Waals surface area (Å²) in [4.78, 5) is 12.3. The first-order chi connectivity index (χ1) is 17.5. The number of hydrogen-bond donors (Lipinski definition) is 0. The van der Waals surface area contributed by atoms with Crippen LogP contribution >= 0.6 is 0 Å². The van der Waals surface area contributed by atoms with Crippen molar-refractivity contribution in [2.75, 3.05) is 0 Å². The molecule has 4 atom stereocenters. The summed E-state index contributed by atoms with van der Waals surface area (Å²) in [6.45, 7) is 6.15. The highest BCUT2D eigenvalue weighted by molar-refractivity contribution is 5.98. The van der Waals surface area contributed by atoms with Crippen molar-refractivity contribution in [2.45, 2.75) is 58.7 Å². The summed E-state index contributed by atoms with van der Waals surface area (Å²) in [5, 5.41) is 0. The topological polar surface area (TPSA) is 44.8 Å². The summed E-state index contributed by atoms with van der Waals surface area (Å²) in [5.41, 5.74) is 2.51. The van der Waals surface area contributed by atoms with Crippen LogP contribution in [-0.2, 0) is 27.4 Å². The van der Waals surface area contributed by atoms with Crippen LogP contribution in [0.3, 0.4) is 0 Å². The van der Waals surface area contributed by atoms with Crippen molar-refractivity contribution in [3.8, 4) is 0 Å². The molecule has 0 saturated carbocycles. The van der Waals surface area contributed by atoms with Crippen molar-refractivity contribution in [1.29, 1.82) is 0 Å². The molecule has 4 rings (SSSR count). The van der Waals surface area contributed by atoms with E-state index in [0.29, 0.717) is 18.6 Å². The van der Waals surface area contributed by atoms with E-state index in [1.54, 1.807) is 24.3 Å². The molecule has 0 N–H and O–H groups in total. The number of benzene rings is 3. The highest BCUT2D eigenvalue weighted by atomic mass is 19.1. The Morgan fingerprint density at radius 2 is 1.36 bits per heavy atom. The molecule has 2 unspecified atom stereocenters. The van der Waals surface area contributed by atoms with Crippen molar-refractivity contribution in [3.63, 3.8) is 0 Å². The summed E-state index contributed by atoms with van der Waals surface area (Å²) in [6.07, 6.45) is -0.805. The van der Waals surface area contributed by atoms with E-state index in [2.05, 4.69) is 6.92 Å². The van der Waals surface area contributed by atoms with E-state index in [0.717, 1.165) is 11.1 Å². The van der Waals surface area contributed by atoms with Gasteiger partial charge in [0.05, 0.1) is 19.3 Å². The minimum atomic E-state index is -0.785. The van der Waals surface area contributed by atoms with Crippen LogP contribution in [0.15, 0.2) is 90.7 Å². The molecule has 0 bridgehead atoms. The Kier molecular flexibility index (Phi) is 8.68. The number of carbonyl (C=O) groups excluding carboxylic acids is 1. The minimum absolute atomic E-state index is 0.0425. The van der Waals surface area contributed by atoms with Gasteiger partial charge in [0.15, 0.2) is 17.4 Å². The van der Waals surface area contributed by atoms with Gasteiger partial charge in [-0.05, 0) is 24.5 Å².